The van der Waals surface area contributed by atoms with Crippen LogP contribution in [0.1, 0.15) is 36.3 Å². The Morgan fingerprint density at radius 2 is 1.96 bits per heavy atom. The molecule has 0 saturated heterocycles. The number of carbonyl (C=O) groups excluding carboxylic acids is 1. The highest BCUT2D eigenvalue weighted by Crippen LogP contribution is 2.07. The smallest absolute Gasteiger partial charge is 0.271 e. The molecule has 1 aromatic carbocycles. The summed E-state index contributed by atoms with van der Waals surface area (Å²) >= 11 is 0. The van der Waals surface area contributed by atoms with Gasteiger partial charge >= 0.3 is 0 Å². The molecule has 6 heteroatoms. The largest absolute Gasteiger partial charge is 0.393 e. The highest BCUT2D eigenvalue weighted by molar-refractivity contribution is 5.92. The molecule has 23 heavy (non-hydrogen) atoms. The zero-order chi connectivity index (χ0) is 17.0. The predicted molar refractivity (Wildman–Crippen MR) is 88.9 cm³/mol. The third-order valence-corrected chi connectivity index (χ3v) is 3.75. The molecular formula is C17H23N3O3. The summed E-state index contributed by atoms with van der Waals surface area (Å²) in [5, 5.41) is 15.2. The van der Waals surface area contributed by atoms with Crippen LogP contribution in [0, 0.1) is 12.8 Å². The molecule has 1 atom stereocenters. The molecule has 1 amide bonds. The maximum Gasteiger partial charge on any atom is 0.271 e. The Labute approximate surface area is 135 Å². The maximum absolute atomic E-state index is 12.1. The Bertz CT molecular complexity index is 713. The summed E-state index contributed by atoms with van der Waals surface area (Å²) in [7, 11) is 0. The van der Waals surface area contributed by atoms with Gasteiger partial charge in [-0.25, -0.2) is 4.68 Å². The summed E-state index contributed by atoms with van der Waals surface area (Å²) in [6, 6.07) is 8.70. The van der Waals surface area contributed by atoms with E-state index in [9.17, 15) is 14.7 Å². The fourth-order valence-electron chi connectivity index (χ4n) is 2.16. The van der Waals surface area contributed by atoms with Gasteiger partial charge < -0.3 is 10.4 Å². The Kier molecular flexibility index (Phi) is 5.39. The molecule has 1 unspecified atom stereocenters. The van der Waals surface area contributed by atoms with Gasteiger partial charge in [-0.05, 0) is 31.4 Å². The number of amides is 1. The lowest BCUT2D eigenvalue weighted by Gasteiger charge is -2.14. The molecular weight excluding hydrogens is 294 g/mol. The molecule has 0 fully saturated rings. The fraction of sp³-hybridized carbons (Fsp3) is 0.412. The number of benzene rings is 1. The highest BCUT2D eigenvalue weighted by Gasteiger charge is 2.13. The third kappa shape index (κ3) is 4.32. The van der Waals surface area contributed by atoms with Crippen molar-refractivity contribution in [3.8, 4) is 5.69 Å². The quantitative estimate of drug-likeness (QED) is 0.756. The van der Waals surface area contributed by atoms with Gasteiger partial charge in [-0.3, -0.25) is 14.7 Å². The third-order valence-electron chi connectivity index (χ3n) is 3.75. The average molecular weight is 317 g/mol. The predicted octanol–water partition coefficient (Wildman–Crippen LogP) is 1.61. The molecule has 0 aliphatic heterocycles. The first-order valence-corrected chi connectivity index (χ1v) is 7.74. The van der Waals surface area contributed by atoms with Crippen LogP contribution in [0.4, 0.5) is 0 Å². The Morgan fingerprint density at radius 1 is 1.30 bits per heavy atom. The molecule has 0 bridgehead atoms. The van der Waals surface area contributed by atoms with Crippen molar-refractivity contribution in [2.24, 2.45) is 5.92 Å². The van der Waals surface area contributed by atoms with E-state index in [0.29, 0.717) is 18.7 Å². The molecule has 0 aliphatic rings. The molecule has 3 N–H and O–H groups in total. The van der Waals surface area contributed by atoms with E-state index in [1.165, 1.54) is 10.7 Å². The molecule has 0 radical (unpaired) electrons. The molecule has 6 nitrogen and oxygen atoms in total. The van der Waals surface area contributed by atoms with E-state index in [1.54, 1.807) is 0 Å². The summed E-state index contributed by atoms with van der Waals surface area (Å²) in [5.74, 6) is -0.210. The van der Waals surface area contributed by atoms with Crippen molar-refractivity contribution >= 4 is 5.91 Å². The number of nitrogens with one attached hydrogen (secondary N) is 2. The van der Waals surface area contributed by atoms with E-state index in [2.05, 4.69) is 10.4 Å². The molecule has 0 aliphatic carbocycles. The minimum atomic E-state index is -0.452. The summed E-state index contributed by atoms with van der Waals surface area (Å²) in [5.41, 5.74) is 1.68. The second kappa shape index (κ2) is 7.28. The van der Waals surface area contributed by atoms with Gasteiger partial charge in [0.15, 0.2) is 0 Å². The van der Waals surface area contributed by atoms with Gasteiger partial charge in [-0.2, -0.15) is 0 Å². The minimum Gasteiger partial charge on any atom is -0.393 e. The Balaban J connectivity index is 2.04. The van der Waals surface area contributed by atoms with E-state index in [-0.39, 0.29) is 23.1 Å². The van der Waals surface area contributed by atoms with E-state index < -0.39 is 6.10 Å². The lowest BCUT2D eigenvalue weighted by molar-refractivity contribution is 0.0915. The number of hydrogen-bond donors (Lipinski definition) is 3. The number of rotatable bonds is 6. The Morgan fingerprint density at radius 3 is 2.57 bits per heavy atom. The summed E-state index contributed by atoms with van der Waals surface area (Å²) < 4.78 is 1.33. The number of hydrogen-bond acceptors (Lipinski definition) is 3. The van der Waals surface area contributed by atoms with Crippen LogP contribution in [-0.2, 0) is 0 Å². The van der Waals surface area contributed by atoms with E-state index >= 15 is 0 Å². The van der Waals surface area contributed by atoms with E-state index in [1.807, 2.05) is 45.0 Å². The zero-order valence-electron chi connectivity index (χ0n) is 13.7. The van der Waals surface area contributed by atoms with Crippen LogP contribution in [0.25, 0.3) is 5.69 Å². The van der Waals surface area contributed by atoms with E-state index in [0.717, 1.165) is 5.56 Å². The second-order valence-corrected chi connectivity index (χ2v) is 6.03. The maximum atomic E-state index is 12.1. The molecule has 0 spiro atoms. The van der Waals surface area contributed by atoms with Gasteiger partial charge in [0.2, 0.25) is 0 Å². The number of aryl methyl sites for hydroxylation is 1. The van der Waals surface area contributed by atoms with Crippen LogP contribution >= 0.6 is 0 Å². The van der Waals surface area contributed by atoms with Crippen LogP contribution < -0.4 is 10.9 Å². The molecule has 1 heterocycles. The first-order chi connectivity index (χ1) is 10.9. The first-order valence-electron chi connectivity index (χ1n) is 7.74. The number of aliphatic hydroxyl groups is 1. The van der Waals surface area contributed by atoms with Crippen molar-refractivity contribution < 1.29 is 9.90 Å². The number of nitrogens with zero attached hydrogens (tertiary/aromatic N) is 1. The van der Waals surface area contributed by atoms with Crippen LogP contribution in [0.15, 0.2) is 35.1 Å². The summed E-state index contributed by atoms with van der Waals surface area (Å²) in [6.45, 7) is 6.17. The average Bonchev–Trinajstić information content (AvgIpc) is 2.89. The van der Waals surface area contributed by atoms with Crippen molar-refractivity contribution in [1.29, 1.82) is 0 Å². The first kappa shape index (κ1) is 17.0. The summed E-state index contributed by atoms with van der Waals surface area (Å²) in [4.78, 5) is 24.1. The standard InChI is InChI=1S/C17H23N3O3/c1-11(2)15(21)8-9-18-17(23)14-10-16(22)20(19-14)13-6-4-12(3)5-7-13/h4-7,10-11,15,19,21H,8-9H2,1-3H3,(H,18,23). The molecule has 1 aromatic heterocycles. The van der Waals surface area contributed by atoms with Crippen molar-refractivity contribution in [2.75, 3.05) is 6.54 Å². The van der Waals surface area contributed by atoms with Crippen LogP contribution in [0.3, 0.4) is 0 Å². The molecule has 2 aromatic rings. The van der Waals surface area contributed by atoms with Crippen molar-refractivity contribution in [3.05, 3.63) is 51.9 Å². The highest BCUT2D eigenvalue weighted by atomic mass is 16.3. The van der Waals surface area contributed by atoms with Crippen LogP contribution in [-0.4, -0.2) is 33.4 Å². The monoisotopic (exact) mass is 317 g/mol. The number of carbonyl (C=O) groups is 1. The summed E-state index contributed by atoms with van der Waals surface area (Å²) in [6.07, 6.45) is 0.0262. The number of aromatic amines is 1. The van der Waals surface area contributed by atoms with Gasteiger partial charge in [-0.15, -0.1) is 0 Å². The van der Waals surface area contributed by atoms with Crippen molar-refractivity contribution in [2.45, 2.75) is 33.3 Å². The topological polar surface area (TPSA) is 87.1 Å². The SMILES string of the molecule is Cc1ccc(-n2[nH]c(C(=O)NCCC(O)C(C)C)cc2=O)cc1. The number of aromatic nitrogens is 2. The van der Waals surface area contributed by atoms with Crippen LogP contribution in [0.2, 0.25) is 0 Å². The normalized spacial score (nSPS) is 12.4. The van der Waals surface area contributed by atoms with Gasteiger partial charge in [0.25, 0.3) is 11.5 Å². The molecule has 2 rings (SSSR count). The van der Waals surface area contributed by atoms with Gasteiger partial charge in [0.1, 0.15) is 5.69 Å². The van der Waals surface area contributed by atoms with Crippen LogP contribution in [0.5, 0.6) is 0 Å². The number of aliphatic hydroxyl groups excluding tert-OH is 1. The number of H-pyrrole nitrogens is 1. The zero-order valence-corrected chi connectivity index (χ0v) is 13.7. The van der Waals surface area contributed by atoms with Gasteiger partial charge in [0, 0.05) is 12.6 Å². The fourth-order valence-corrected chi connectivity index (χ4v) is 2.16. The lowest BCUT2D eigenvalue weighted by Crippen LogP contribution is -2.29. The second-order valence-electron chi connectivity index (χ2n) is 6.03. The Hall–Kier alpha value is -2.34. The van der Waals surface area contributed by atoms with Crippen molar-refractivity contribution in [3.63, 3.8) is 0 Å². The molecule has 0 saturated carbocycles. The van der Waals surface area contributed by atoms with Gasteiger partial charge in [0.05, 0.1) is 11.8 Å². The molecule has 124 valence electrons. The minimum absolute atomic E-state index is 0.148. The lowest BCUT2D eigenvalue weighted by atomic mass is 10.0. The van der Waals surface area contributed by atoms with E-state index in [4.69, 9.17) is 0 Å². The van der Waals surface area contributed by atoms with Gasteiger partial charge in [-0.1, -0.05) is 31.5 Å². The van der Waals surface area contributed by atoms with Crippen molar-refractivity contribution in [1.82, 2.24) is 15.1 Å².